The van der Waals surface area contributed by atoms with Crippen molar-refractivity contribution in [1.82, 2.24) is 0 Å². The predicted molar refractivity (Wildman–Crippen MR) is 112 cm³/mol. The zero-order valence-corrected chi connectivity index (χ0v) is 17.2. The second-order valence-corrected chi connectivity index (χ2v) is 9.75. The second-order valence-electron chi connectivity index (χ2n) is 8.03. The molecule has 0 amide bonds. The van der Waals surface area contributed by atoms with Crippen LogP contribution in [0.1, 0.15) is 62.5 Å². The van der Waals surface area contributed by atoms with Crippen molar-refractivity contribution in [2.45, 2.75) is 57.8 Å². The van der Waals surface area contributed by atoms with E-state index in [2.05, 4.69) is 25.1 Å². The van der Waals surface area contributed by atoms with Crippen LogP contribution >= 0.6 is 22.9 Å². The summed E-state index contributed by atoms with van der Waals surface area (Å²) in [5.74, 6) is 0.599. The van der Waals surface area contributed by atoms with Crippen LogP contribution in [-0.2, 0) is 16.0 Å². The van der Waals surface area contributed by atoms with Crippen LogP contribution in [-0.4, -0.2) is 11.6 Å². The molecule has 2 bridgehead atoms. The number of thiophene rings is 1. The summed E-state index contributed by atoms with van der Waals surface area (Å²) in [6.07, 6.45) is 6.35. The molecular formula is C23H25ClO2S. The largest absolute Gasteiger partial charge is 0.299 e. The van der Waals surface area contributed by atoms with Gasteiger partial charge < -0.3 is 0 Å². The lowest BCUT2D eigenvalue weighted by Crippen LogP contribution is -2.24. The minimum Gasteiger partial charge on any atom is -0.299 e. The molecule has 1 aromatic heterocycles. The predicted octanol–water partition coefficient (Wildman–Crippen LogP) is 6.45. The molecule has 3 saturated carbocycles. The van der Waals surface area contributed by atoms with Gasteiger partial charge in [0.05, 0.1) is 4.34 Å². The van der Waals surface area contributed by atoms with E-state index in [9.17, 15) is 9.59 Å². The van der Waals surface area contributed by atoms with Crippen LogP contribution in [0, 0.1) is 11.8 Å². The van der Waals surface area contributed by atoms with Crippen molar-refractivity contribution in [1.29, 1.82) is 0 Å². The molecule has 1 aromatic carbocycles. The van der Waals surface area contributed by atoms with Crippen LogP contribution in [0.3, 0.4) is 0 Å². The molecule has 5 rings (SSSR count). The molecule has 0 N–H and O–H groups in total. The SMILES string of the molecule is CCc1ccc(-c2ccc(Cl)s2)cc1C1C(=O)CC2CCC(CC2)CC1=O. The number of fused-ring (bicyclic) bond motifs is 6. The summed E-state index contributed by atoms with van der Waals surface area (Å²) in [6, 6.07) is 10.1. The zero-order valence-electron chi connectivity index (χ0n) is 15.7. The first-order valence-electron chi connectivity index (χ1n) is 9.99. The number of benzene rings is 1. The lowest BCUT2D eigenvalue weighted by Gasteiger charge is -2.25. The van der Waals surface area contributed by atoms with E-state index in [4.69, 9.17) is 11.6 Å². The third-order valence-corrected chi connectivity index (χ3v) is 7.57. The molecule has 2 nitrogen and oxygen atoms in total. The third-order valence-electron chi connectivity index (χ3n) is 6.29. The highest BCUT2D eigenvalue weighted by Crippen LogP contribution is 2.40. The molecule has 0 atom stereocenters. The Kier molecular flexibility index (Phi) is 5.52. The first-order valence-corrected chi connectivity index (χ1v) is 11.2. The van der Waals surface area contributed by atoms with Gasteiger partial charge in [-0.15, -0.1) is 11.3 Å². The number of carbonyl (C=O) groups excluding carboxylic acids is 2. The van der Waals surface area contributed by atoms with Crippen LogP contribution in [0.2, 0.25) is 4.34 Å². The van der Waals surface area contributed by atoms with E-state index in [1.165, 1.54) is 11.3 Å². The molecule has 4 heteroatoms. The van der Waals surface area contributed by atoms with Crippen LogP contribution in [0.4, 0.5) is 0 Å². The monoisotopic (exact) mass is 400 g/mol. The van der Waals surface area contributed by atoms with Crippen LogP contribution in [0.15, 0.2) is 30.3 Å². The highest BCUT2D eigenvalue weighted by atomic mass is 35.5. The highest BCUT2D eigenvalue weighted by molar-refractivity contribution is 7.19. The summed E-state index contributed by atoms with van der Waals surface area (Å²) in [6.45, 7) is 2.09. The second kappa shape index (κ2) is 7.89. The Balaban J connectivity index is 1.76. The van der Waals surface area contributed by atoms with E-state index in [1.807, 2.05) is 12.1 Å². The maximum Gasteiger partial charge on any atom is 0.148 e. The molecule has 142 valence electrons. The minimum absolute atomic E-state index is 0.128. The summed E-state index contributed by atoms with van der Waals surface area (Å²) >= 11 is 7.64. The van der Waals surface area contributed by atoms with Crippen LogP contribution in [0.25, 0.3) is 10.4 Å². The number of carbonyl (C=O) groups is 2. The van der Waals surface area contributed by atoms with Gasteiger partial charge in [0.1, 0.15) is 17.5 Å². The van der Waals surface area contributed by atoms with E-state index in [0.717, 1.165) is 58.0 Å². The van der Waals surface area contributed by atoms with Crippen molar-refractivity contribution in [3.8, 4) is 10.4 Å². The number of rotatable bonds is 3. The van der Waals surface area contributed by atoms with Gasteiger partial charge in [-0.1, -0.05) is 30.7 Å². The summed E-state index contributed by atoms with van der Waals surface area (Å²) in [7, 11) is 0. The Morgan fingerprint density at radius 3 is 2.11 bits per heavy atom. The Labute approximate surface area is 169 Å². The quantitative estimate of drug-likeness (QED) is 0.554. The smallest absolute Gasteiger partial charge is 0.148 e. The molecular weight excluding hydrogens is 376 g/mol. The van der Waals surface area contributed by atoms with E-state index in [1.54, 1.807) is 0 Å². The fourth-order valence-electron chi connectivity index (χ4n) is 4.78. The molecule has 0 radical (unpaired) electrons. The Bertz CT molecular complexity index is 835. The van der Waals surface area contributed by atoms with Gasteiger partial charge in [-0.3, -0.25) is 9.59 Å². The number of Topliss-reactive ketones (excluding diaryl/α,β-unsaturated/α-hetero) is 2. The number of hydrogen-bond donors (Lipinski definition) is 0. The molecule has 2 aromatic rings. The van der Waals surface area contributed by atoms with Crippen molar-refractivity contribution >= 4 is 34.5 Å². The van der Waals surface area contributed by atoms with Gasteiger partial charge in [0.15, 0.2) is 0 Å². The zero-order chi connectivity index (χ0) is 19.0. The van der Waals surface area contributed by atoms with Gasteiger partial charge in [-0.05, 0) is 78.8 Å². The normalized spacial score (nSPS) is 25.9. The average molecular weight is 401 g/mol. The average Bonchev–Trinajstić information content (AvgIpc) is 3.12. The highest BCUT2D eigenvalue weighted by Gasteiger charge is 2.36. The molecule has 0 aliphatic heterocycles. The first kappa shape index (κ1) is 18.9. The molecule has 3 fully saturated rings. The van der Waals surface area contributed by atoms with Gasteiger partial charge in [-0.2, -0.15) is 0 Å². The summed E-state index contributed by atoms with van der Waals surface area (Å²) in [4.78, 5) is 27.5. The lowest BCUT2D eigenvalue weighted by atomic mass is 9.80. The van der Waals surface area contributed by atoms with Crippen molar-refractivity contribution in [3.05, 3.63) is 45.8 Å². The summed E-state index contributed by atoms with van der Waals surface area (Å²) < 4.78 is 0.747. The van der Waals surface area contributed by atoms with Gasteiger partial charge >= 0.3 is 0 Å². The van der Waals surface area contributed by atoms with Crippen LogP contribution in [0.5, 0.6) is 0 Å². The van der Waals surface area contributed by atoms with E-state index >= 15 is 0 Å². The number of halogens is 1. The van der Waals surface area contributed by atoms with E-state index < -0.39 is 5.92 Å². The number of aryl methyl sites for hydroxylation is 1. The lowest BCUT2D eigenvalue weighted by molar-refractivity contribution is -0.129. The van der Waals surface area contributed by atoms with Crippen LogP contribution < -0.4 is 0 Å². The van der Waals surface area contributed by atoms with Gasteiger partial charge in [0.25, 0.3) is 0 Å². The maximum atomic E-state index is 13.2. The maximum absolute atomic E-state index is 13.2. The van der Waals surface area contributed by atoms with Crippen molar-refractivity contribution < 1.29 is 9.59 Å². The van der Waals surface area contributed by atoms with Gasteiger partial charge in [0, 0.05) is 17.7 Å². The summed E-state index contributed by atoms with van der Waals surface area (Å²) in [5.41, 5.74) is 3.08. The van der Waals surface area contributed by atoms with Gasteiger partial charge in [0.2, 0.25) is 0 Å². The molecule has 0 unspecified atom stereocenters. The topological polar surface area (TPSA) is 34.1 Å². The first-order chi connectivity index (χ1) is 13.0. The Hall–Kier alpha value is -1.45. The standard InChI is InChI=1S/C23H25ClO2S/c1-2-16-7-8-17(21-9-10-22(24)27-21)13-18(16)23-19(25)11-14-3-4-15(6-5-14)12-20(23)26/h7-10,13-15,23H,2-6,11-12H2,1H3. The fraction of sp³-hybridized carbons (Fsp3) is 0.478. The van der Waals surface area contributed by atoms with Crippen molar-refractivity contribution in [3.63, 3.8) is 0 Å². The van der Waals surface area contributed by atoms with E-state index in [0.29, 0.717) is 24.7 Å². The van der Waals surface area contributed by atoms with Gasteiger partial charge in [-0.25, -0.2) is 0 Å². The Morgan fingerprint density at radius 2 is 1.59 bits per heavy atom. The molecule has 1 heterocycles. The summed E-state index contributed by atoms with van der Waals surface area (Å²) in [5, 5.41) is 0. The molecule has 3 aliphatic carbocycles. The molecule has 0 spiro atoms. The number of hydrogen-bond acceptors (Lipinski definition) is 3. The third kappa shape index (κ3) is 3.90. The van der Waals surface area contributed by atoms with E-state index in [-0.39, 0.29) is 11.6 Å². The minimum atomic E-state index is -0.587. The molecule has 3 aliphatic rings. The molecule has 0 saturated heterocycles. The van der Waals surface area contributed by atoms with Crippen molar-refractivity contribution in [2.75, 3.05) is 0 Å². The fourth-order valence-corrected chi connectivity index (χ4v) is 5.82. The Morgan fingerprint density at radius 1 is 0.963 bits per heavy atom. The number of ketones is 2. The molecule has 27 heavy (non-hydrogen) atoms. The van der Waals surface area contributed by atoms with Crippen molar-refractivity contribution in [2.24, 2.45) is 11.8 Å².